The highest BCUT2D eigenvalue weighted by Crippen LogP contribution is 2.23. The summed E-state index contributed by atoms with van der Waals surface area (Å²) in [5.74, 6) is 0.0244. The van der Waals surface area contributed by atoms with Crippen LogP contribution in [-0.4, -0.2) is 22.5 Å². The molecular formula is C15H25N3OS. The Balaban J connectivity index is 1.92. The second kappa shape index (κ2) is 6.57. The number of rotatable bonds is 3. The minimum absolute atomic E-state index is 0.0244. The van der Waals surface area contributed by atoms with Gasteiger partial charge in [0.2, 0.25) is 0 Å². The first-order valence-corrected chi connectivity index (χ1v) is 8.30. The minimum atomic E-state index is -0.0348. The van der Waals surface area contributed by atoms with Gasteiger partial charge in [0.15, 0.2) is 5.13 Å². The van der Waals surface area contributed by atoms with Gasteiger partial charge in [0.25, 0.3) is 5.91 Å². The zero-order valence-corrected chi connectivity index (χ0v) is 13.5. The van der Waals surface area contributed by atoms with Crippen molar-refractivity contribution in [1.29, 1.82) is 0 Å². The molecule has 0 radical (unpaired) electrons. The molecule has 1 saturated carbocycles. The maximum Gasteiger partial charge on any atom is 0.263 e. The van der Waals surface area contributed by atoms with E-state index in [4.69, 9.17) is 0 Å². The maximum atomic E-state index is 12.2. The van der Waals surface area contributed by atoms with Crippen LogP contribution in [0.4, 0.5) is 5.13 Å². The third-order valence-electron chi connectivity index (χ3n) is 3.40. The molecule has 1 aromatic heterocycles. The van der Waals surface area contributed by atoms with Gasteiger partial charge in [-0.3, -0.25) is 4.79 Å². The fourth-order valence-electron chi connectivity index (χ4n) is 2.44. The Hall–Kier alpha value is -1.10. The Morgan fingerprint density at radius 2 is 1.90 bits per heavy atom. The highest BCUT2D eigenvalue weighted by molar-refractivity contribution is 7.17. The minimum Gasteiger partial charge on any atom is -0.357 e. The molecule has 1 amide bonds. The van der Waals surface area contributed by atoms with Crippen molar-refractivity contribution >= 4 is 22.4 Å². The maximum absolute atomic E-state index is 12.2. The molecule has 1 aliphatic carbocycles. The SMILES string of the molecule is CC(C)(C)Nc1ncc(C(=O)NC2CCCCCC2)s1. The van der Waals surface area contributed by atoms with Crippen LogP contribution in [0.15, 0.2) is 6.20 Å². The average molecular weight is 295 g/mol. The first-order valence-electron chi connectivity index (χ1n) is 7.49. The summed E-state index contributed by atoms with van der Waals surface area (Å²) >= 11 is 1.43. The molecule has 0 aromatic carbocycles. The molecule has 0 bridgehead atoms. The van der Waals surface area contributed by atoms with Crippen molar-refractivity contribution in [3.05, 3.63) is 11.1 Å². The van der Waals surface area contributed by atoms with Crippen molar-refractivity contribution in [2.24, 2.45) is 0 Å². The fraction of sp³-hybridized carbons (Fsp3) is 0.733. The molecule has 0 saturated heterocycles. The van der Waals surface area contributed by atoms with E-state index in [9.17, 15) is 4.79 Å². The van der Waals surface area contributed by atoms with E-state index in [1.807, 2.05) is 0 Å². The summed E-state index contributed by atoms with van der Waals surface area (Å²) in [6.07, 6.45) is 8.94. The lowest BCUT2D eigenvalue weighted by Gasteiger charge is -2.19. The fourth-order valence-corrected chi connectivity index (χ4v) is 3.37. The first-order chi connectivity index (χ1) is 9.44. The normalized spacial score (nSPS) is 17.6. The molecule has 112 valence electrons. The highest BCUT2D eigenvalue weighted by Gasteiger charge is 2.18. The van der Waals surface area contributed by atoms with Crippen LogP contribution < -0.4 is 10.6 Å². The zero-order valence-electron chi connectivity index (χ0n) is 12.7. The van der Waals surface area contributed by atoms with Crippen LogP contribution in [0, 0.1) is 0 Å². The Kier molecular flexibility index (Phi) is 5.02. The molecule has 0 atom stereocenters. The number of hydrogen-bond acceptors (Lipinski definition) is 4. The number of nitrogens with one attached hydrogen (secondary N) is 2. The van der Waals surface area contributed by atoms with Crippen molar-refractivity contribution < 1.29 is 4.79 Å². The predicted molar refractivity (Wildman–Crippen MR) is 84.4 cm³/mol. The topological polar surface area (TPSA) is 54.0 Å². The van der Waals surface area contributed by atoms with E-state index in [-0.39, 0.29) is 11.4 Å². The molecule has 1 aliphatic rings. The number of hydrogen-bond donors (Lipinski definition) is 2. The summed E-state index contributed by atoms with van der Waals surface area (Å²) in [7, 11) is 0. The van der Waals surface area contributed by atoms with E-state index >= 15 is 0 Å². The predicted octanol–water partition coefficient (Wildman–Crippen LogP) is 3.81. The number of carbonyl (C=O) groups excluding carboxylic acids is 1. The van der Waals surface area contributed by atoms with Gasteiger partial charge >= 0.3 is 0 Å². The van der Waals surface area contributed by atoms with Crippen molar-refractivity contribution in [1.82, 2.24) is 10.3 Å². The number of nitrogens with zero attached hydrogens (tertiary/aromatic N) is 1. The first kappa shape index (κ1) is 15.3. The van der Waals surface area contributed by atoms with Gasteiger partial charge in [-0.25, -0.2) is 4.98 Å². The van der Waals surface area contributed by atoms with Crippen LogP contribution >= 0.6 is 11.3 Å². The zero-order chi connectivity index (χ0) is 14.6. The molecule has 0 unspecified atom stereocenters. The molecule has 4 nitrogen and oxygen atoms in total. The van der Waals surface area contributed by atoms with Crippen LogP contribution in [0.2, 0.25) is 0 Å². The Morgan fingerprint density at radius 3 is 2.50 bits per heavy atom. The van der Waals surface area contributed by atoms with Gasteiger partial charge < -0.3 is 10.6 Å². The lowest BCUT2D eigenvalue weighted by molar-refractivity contribution is 0.0937. The van der Waals surface area contributed by atoms with Gasteiger partial charge in [0, 0.05) is 11.6 Å². The number of aromatic nitrogens is 1. The number of thiazole rings is 1. The lowest BCUT2D eigenvalue weighted by Crippen LogP contribution is -2.33. The summed E-state index contributed by atoms with van der Waals surface area (Å²) in [5, 5.41) is 7.26. The smallest absolute Gasteiger partial charge is 0.263 e. The lowest BCUT2D eigenvalue weighted by atomic mass is 10.1. The summed E-state index contributed by atoms with van der Waals surface area (Å²) in [5.41, 5.74) is -0.0348. The summed E-state index contributed by atoms with van der Waals surface area (Å²) in [4.78, 5) is 17.2. The van der Waals surface area contributed by atoms with E-state index in [0.29, 0.717) is 10.9 Å². The Morgan fingerprint density at radius 1 is 1.25 bits per heavy atom. The van der Waals surface area contributed by atoms with E-state index in [2.05, 4.69) is 36.4 Å². The molecule has 0 spiro atoms. The van der Waals surface area contributed by atoms with Gasteiger partial charge in [0.05, 0.1) is 6.20 Å². The van der Waals surface area contributed by atoms with Gasteiger partial charge in [-0.2, -0.15) is 0 Å². The molecule has 2 N–H and O–H groups in total. The quantitative estimate of drug-likeness (QED) is 0.834. The molecule has 5 heteroatoms. The van der Waals surface area contributed by atoms with Crippen LogP contribution in [0.1, 0.15) is 69.0 Å². The second-order valence-corrected chi connectivity index (χ2v) is 7.60. The van der Waals surface area contributed by atoms with Gasteiger partial charge in [0.1, 0.15) is 4.88 Å². The number of anilines is 1. The third-order valence-corrected chi connectivity index (χ3v) is 4.31. The molecule has 2 rings (SSSR count). The van der Waals surface area contributed by atoms with Crippen molar-refractivity contribution in [2.75, 3.05) is 5.32 Å². The van der Waals surface area contributed by atoms with Crippen LogP contribution in [0.5, 0.6) is 0 Å². The molecule has 1 aromatic rings. The summed E-state index contributed by atoms with van der Waals surface area (Å²) in [6.45, 7) is 6.25. The summed E-state index contributed by atoms with van der Waals surface area (Å²) < 4.78 is 0. The van der Waals surface area contributed by atoms with E-state index in [1.54, 1.807) is 6.20 Å². The van der Waals surface area contributed by atoms with Crippen LogP contribution in [0.25, 0.3) is 0 Å². The van der Waals surface area contributed by atoms with E-state index in [1.165, 1.54) is 37.0 Å². The Bertz CT molecular complexity index is 442. The second-order valence-electron chi connectivity index (χ2n) is 6.57. The van der Waals surface area contributed by atoms with Crippen LogP contribution in [0.3, 0.4) is 0 Å². The van der Waals surface area contributed by atoms with Gasteiger partial charge in [-0.1, -0.05) is 37.0 Å². The Labute approximate surface area is 125 Å². The summed E-state index contributed by atoms with van der Waals surface area (Å²) in [6, 6.07) is 0.339. The largest absolute Gasteiger partial charge is 0.357 e. The number of amides is 1. The van der Waals surface area contributed by atoms with Crippen LogP contribution in [-0.2, 0) is 0 Å². The molecule has 20 heavy (non-hydrogen) atoms. The molecule has 1 heterocycles. The van der Waals surface area contributed by atoms with Crippen molar-refractivity contribution in [3.63, 3.8) is 0 Å². The third kappa shape index (κ3) is 4.78. The highest BCUT2D eigenvalue weighted by atomic mass is 32.1. The standard InChI is InChI=1S/C15H25N3OS/c1-15(2,3)18-14-16-10-12(20-14)13(19)17-11-8-6-4-5-7-9-11/h10-11H,4-9H2,1-3H3,(H,16,18)(H,17,19). The van der Waals surface area contributed by atoms with Crippen molar-refractivity contribution in [3.8, 4) is 0 Å². The van der Waals surface area contributed by atoms with Gasteiger partial charge in [-0.05, 0) is 33.6 Å². The molecular weight excluding hydrogens is 270 g/mol. The van der Waals surface area contributed by atoms with Gasteiger partial charge in [-0.15, -0.1) is 0 Å². The number of carbonyl (C=O) groups is 1. The average Bonchev–Trinajstić information content (AvgIpc) is 2.64. The van der Waals surface area contributed by atoms with E-state index in [0.717, 1.165) is 18.0 Å². The monoisotopic (exact) mass is 295 g/mol. The molecule has 0 aliphatic heterocycles. The van der Waals surface area contributed by atoms with E-state index < -0.39 is 0 Å². The molecule has 1 fully saturated rings. The van der Waals surface area contributed by atoms with Crippen molar-refractivity contribution in [2.45, 2.75) is 70.9 Å².